The van der Waals surface area contributed by atoms with E-state index < -0.39 is 0 Å². The Morgan fingerprint density at radius 2 is 2.44 bits per heavy atom. The lowest BCUT2D eigenvalue weighted by Gasteiger charge is -2.14. The van der Waals surface area contributed by atoms with Gasteiger partial charge in [-0.05, 0) is 30.3 Å². The zero-order valence-corrected chi connectivity index (χ0v) is 10.2. The topological polar surface area (TPSA) is 75.1 Å². The predicted octanol–water partition coefficient (Wildman–Crippen LogP) is 1.07. The molecule has 0 saturated carbocycles. The number of hydrogen-bond donors (Lipinski definition) is 2. The monoisotopic (exact) mass is 243 g/mol. The fraction of sp³-hybridized carbons (Fsp3) is 0.700. The molecule has 0 aliphatic rings. The highest BCUT2D eigenvalue weighted by molar-refractivity contribution is 7.07. The Labute approximate surface area is 99.0 Å². The first-order chi connectivity index (χ1) is 7.77. The molecule has 1 atom stereocenters. The second kappa shape index (κ2) is 7.29. The van der Waals surface area contributed by atoms with Crippen LogP contribution in [0, 0.1) is 5.92 Å². The maximum Gasteiger partial charge on any atom is 0.264 e. The van der Waals surface area contributed by atoms with E-state index >= 15 is 0 Å². The van der Waals surface area contributed by atoms with Gasteiger partial charge in [0.1, 0.15) is 4.88 Å². The number of rotatable bonds is 7. The Kier molecular flexibility index (Phi) is 5.95. The summed E-state index contributed by atoms with van der Waals surface area (Å²) in [5, 5.41) is 15.3. The van der Waals surface area contributed by atoms with Crippen LogP contribution in [0.5, 0.6) is 0 Å². The smallest absolute Gasteiger partial charge is 0.264 e. The summed E-state index contributed by atoms with van der Waals surface area (Å²) in [5.41, 5.74) is 0. The van der Waals surface area contributed by atoms with E-state index in [1.165, 1.54) is 6.20 Å². The quantitative estimate of drug-likeness (QED) is 0.751. The lowest BCUT2D eigenvalue weighted by molar-refractivity contribution is 0.0946. The molecule has 1 heterocycles. The first kappa shape index (κ1) is 13.1. The highest BCUT2D eigenvalue weighted by atomic mass is 32.1. The fourth-order valence-electron chi connectivity index (χ4n) is 1.53. The Bertz CT molecular complexity index is 297. The van der Waals surface area contributed by atoms with E-state index in [1.54, 1.807) is 0 Å². The van der Waals surface area contributed by atoms with Crippen LogP contribution in [0.2, 0.25) is 0 Å². The molecule has 90 valence electrons. The molecular formula is C10H17N3O2S. The molecule has 0 aliphatic heterocycles. The van der Waals surface area contributed by atoms with E-state index in [4.69, 9.17) is 5.11 Å². The summed E-state index contributed by atoms with van der Waals surface area (Å²) >= 11 is 1.09. The molecular weight excluding hydrogens is 226 g/mol. The minimum Gasteiger partial charge on any atom is -0.396 e. The molecule has 1 aromatic heterocycles. The van der Waals surface area contributed by atoms with Crippen LogP contribution in [0.3, 0.4) is 0 Å². The second-order valence-corrected chi connectivity index (χ2v) is 4.44. The molecule has 0 saturated heterocycles. The summed E-state index contributed by atoms with van der Waals surface area (Å²) < 4.78 is 3.63. The maximum absolute atomic E-state index is 11.6. The van der Waals surface area contributed by atoms with Gasteiger partial charge in [-0.25, -0.2) is 0 Å². The number of nitrogens with one attached hydrogen (secondary N) is 1. The van der Waals surface area contributed by atoms with Gasteiger partial charge in [0.15, 0.2) is 0 Å². The van der Waals surface area contributed by atoms with Crippen molar-refractivity contribution in [2.24, 2.45) is 5.92 Å². The molecule has 0 radical (unpaired) electrons. The summed E-state index contributed by atoms with van der Waals surface area (Å²) in [4.78, 5) is 12.1. The molecule has 0 bridgehead atoms. The van der Waals surface area contributed by atoms with E-state index in [1.807, 2.05) is 0 Å². The summed E-state index contributed by atoms with van der Waals surface area (Å²) in [6.07, 6.45) is 4.26. The Balaban J connectivity index is 2.34. The number of aliphatic hydroxyl groups is 1. The van der Waals surface area contributed by atoms with Crippen LogP contribution in [0.1, 0.15) is 35.9 Å². The zero-order valence-electron chi connectivity index (χ0n) is 9.35. The minimum atomic E-state index is -0.131. The largest absolute Gasteiger partial charge is 0.396 e. The molecule has 6 heteroatoms. The minimum absolute atomic E-state index is 0.131. The third-order valence-electron chi connectivity index (χ3n) is 2.37. The third kappa shape index (κ3) is 4.24. The molecule has 1 aromatic rings. The van der Waals surface area contributed by atoms with E-state index in [2.05, 4.69) is 21.8 Å². The molecule has 0 fully saturated rings. The molecule has 0 spiro atoms. The standard InChI is InChI=1S/C10H17N3O2S/c1-2-3-8(4-5-14)6-11-10(15)9-7-12-13-16-9/h7-8,14H,2-6H2,1H3,(H,11,15). The summed E-state index contributed by atoms with van der Waals surface area (Å²) in [6.45, 7) is 2.87. The molecule has 1 rings (SSSR count). The summed E-state index contributed by atoms with van der Waals surface area (Å²) in [7, 11) is 0. The molecule has 16 heavy (non-hydrogen) atoms. The normalized spacial score (nSPS) is 12.4. The molecule has 1 unspecified atom stereocenters. The highest BCUT2D eigenvalue weighted by Gasteiger charge is 2.12. The Hall–Kier alpha value is -1.01. The van der Waals surface area contributed by atoms with Crippen LogP contribution in [-0.2, 0) is 0 Å². The summed E-state index contributed by atoms with van der Waals surface area (Å²) in [6, 6.07) is 0. The van der Waals surface area contributed by atoms with Crippen LogP contribution >= 0.6 is 11.5 Å². The third-order valence-corrected chi connectivity index (χ3v) is 3.03. The van der Waals surface area contributed by atoms with Gasteiger partial charge in [-0.3, -0.25) is 4.79 Å². The summed E-state index contributed by atoms with van der Waals surface area (Å²) in [5.74, 6) is 0.217. The Morgan fingerprint density at radius 3 is 3.00 bits per heavy atom. The van der Waals surface area contributed by atoms with E-state index in [0.29, 0.717) is 17.3 Å². The van der Waals surface area contributed by atoms with E-state index in [0.717, 1.165) is 30.8 Å². The van der Waals surface area contributed by atoms with Gasteiger partial charge >= 0.3 is 0 Å². The van der Waals surface area contributed by atoms with Crippen LogP contribution in [0.25, 0.3) is 0 Å². The van der Waals surface area contributed by atoms with Crippen LogP contribution in [-0.4, -0.2) is 33.8 Å². The van der Waals surface area contributed by atoms with Crippen molar-refractivity contribution in [2.45, 2.75) is 26.2 Å². The highest BCUT2D eigenvalue weighted by Crippen LogP contribution is 2.10. The van der Waals surface area contributed by atoms with Crippen LogP contribution in [0.15, 0.2) is 6.20 Å². The Morgan fingerprint density at radius 1 is 1.62 bits per heavy atom. The molecule has 1 amide bonds. The predicted molar refractivity (Wildman–Crippen MR) is 62.3 cm³/mol. The number of amides is 1. The maximum atomic E-state index is 11.6. The molecule has 0 aromatic carbocycles. The van der Waals surface area contributed by atoms with Crippen molar-refractivity contribution in [3.05, 3.63) is 11.1 Å². The van der Waals surface area contributed by atoms with Crippen molar-refractivity contribution in [1.29, 1.82) is 0 Å². The lowest BCUT2D eigenvalue weighted by Crippen LogP contribution is -2.29. The number of aliphatic hydroxyl groups excluding tert-OH is 1. The SMILES string of the molecule is CCCC(CCO)CNC(=O)c1cnns1. The zero-order chi connectivity index (χ0) is 11.8. The van der Waals surface area contributed by atoms with Crippen molar-refractivity contribution in [3.63, 3.8) is 0 Å². The average Bonchev–Trinajstić information content (AvgIpc) is 2.79. The van der Waals surface area contributed by atoms with Gasteiger partial charge < -0.3 is 10.4 Å². The van der Waals surface area contributed by atoms with Crippen molar-refractivity contribution in [3.8, 4) is 0 Å². The van der Waals surface area contributed by atoms with Crippen LogP contribution in [0.4, 0.5) is 0 Å². The van der Waals surface area contributed by atoms with Gasteiger partial charge in [0.05, 0.1) is 6.20 Å². The number of nitrogens with zero attached hydrogens (tertiary/aromatic N) is 2. The molecule has 2 N–H and O–H groups in total. The first-order valence-corrected chi connectivity index (χ1v) is 6.21. The average molecular weight is 243 g/mol. The second-order valence-electron chi connectivity index (χ2n) is 3.66. The fourth-order valence-corrected chi connectivity index (χ4v) is 1.96. The number of carbonyl (C=O) groups excluding carboxylic acids is 1. The van der Waals surface area contributed by atoms with Crippen LogP contribution < -0.4 is 5.32 Å². The van der Waals surface area contributed by atoms with Gasteiger partial charge in [0, 0.05) is 13.2 Å². The number of hydrogen-bond acceptors (Lipinski definition) is 5. The van der Waals surface area contributed by atoms with Crippen molar-refractivity contribution in [1.82, 2.24) is 14.9 Å². The first-order valence-electron chi connectivity index (χ1n) is 5.44. The van der Waals surface area contributed by atoms with Gasteiger partial charge in [-0.1, -0.05) is 17.8 Å². The lowest BCUT2D eigenvalue weighted by atomic mass is 10.0. The molecule has 0 aliphatic carbocycles. The van der Waals surface area contributed by atoms with Gasteiger partial charge in [-0.2, -0.15) is 0 Å². The van der Waals surface area contributed by atoms with E-state index in [-0.39, 0.29) is 12.5 Å². The number of carbonyl (C=O) groups is 1. The van der Waals surface area contributed by atoms with Crippen molar-refractivity contribution >= 4 is 17.4 Å². The van der Waals surface area contributed by atoms with Crippen molar-refractivity contribution in [2.75, 3.05) is 13.2 Å². The van der Waals surface area contributed by atoms with Gasteiger partial charge in [0.2, 0.25) is 0 Å². The van der Waals surface area contributed by atoms with Gasteiger partial charge in [0.25, 0.3) is 5.91 Å². The molecule has 5 nitrogen and oxygen atoms in total. The van der Waals surface area contributed by atoms with Crippen molar-refractivity contribution < 1.29 is 9.90 Å². The van der Waals surface area contributed by atoms with Gasteiger partial charge in [-0.15, -0.1) is 5.10 Å². The van der Waals surface area contributed by atoms with E-state index in [9.17, 15) is 4.79 Å². The number of aromatic nitrogens is 2.